The van der Waals surface area contributed by atoms with Gasteiger partial charge in [-0.1, -0.05) is 23.6 Å². The topological polar surface area (TPSA) is 64.9 Å². The highest BCUT2D eigenvalue weighted by Crippen LogP contribution is 2.35. The Labute approximate surface area is 95.9 Å². The number of nitrogens with zero attached hydrogens (tertiary/aromatic N) is 2. The molecule has 2 N–H and O–H groups in total. The molecule has 16 heavy (non-hydrogen) atoms. The summed E-state index contributed by atoms with van der Waals surface area (Å²) in [4.78, 5) is 4.42. The zero-order valence-corrected chi connectivity index (χ0v) is 10.2. The normalized spacial score (nSPS) is 18.8. The van der Waals surface area contributed by atoms with E-state index in [0.29, 0.717) is 11.7 Å². The first-order chi connectivity index (χ1) is 7.53. The lowest BCUT2D eigenvalue weighted by Gasteiger charge is -2.17. The van der Waals surface area contributed by atoms with Gasteiger partial charge < -0.3 is 10.3 Å². The maximum atomic E-state index is 6.27. The number of aromatic nitrogens is 2. The van der Waals surface area contributed by atoms with Gasteiger partial charge in [0.05, 0.1) is 5.54 Å². The van der Waals surface area contributed by atoms with Crippen molar-refractivity contribution in [1.82, 2.24) is 10.1 Å². The van der Waals surface area contributed by atoms with Crippen LogP contribution >= 0.6 is 0 Å². The maximum Gasteiger partial charge on any atom is 0.253 e. The van der Waals surface area contributed by atoms with E-state index in [9.17, 15) is 0 Å². The summed E-state index contributed by atoms with van der Waals surface area (Å²) in [5.41, 5.74) is 8.14. The van der Waals surface area contributed by atoms with Gasteiger partial charge in [-0.05, 0) is 33.6 Å². The quantitative estimate of drug-likeness (QED) is 0.833. The van der Waals surface area contributed by atoms with E-state index < -0.39 is 0 Å². The summed E-state index contributed by atoms with van der Waals surface area (Å²) >= 11 is 0. The molecule has 0 aromatic carbocycles. The van der Waals surface area contributed by atoms with Gasteiger partial charge in [0.25, 0.3) is 5.89 Å². The SMILES string of the molecule is CC(C)=C(C)c1nc(C2(N)CCCC2)no1. The fraction of sp³-hybridized carbons (Fsp3) is 0.667. The first kappa shape index (κ1) is 11.3. The van der Waals surface area contributed by atoms with Crippen LogP contribution in [-0.2, 0) is 5.54 Å². The molecule has 0 radical (unpaired) electrons. The predicted octanol–water partition coefficient (Wildman–Crippen LogP) is 2.61. The third-order valence-electron chi connectivity index (χ3n) is 3.44. The van der Waals surface area contributed by atoms with Crippen molar-refractivity contribution >= 4 is 5.57 Å². The van der Waals surface area contributed by atoms with Crippen LogP contribution in [0.3, 0.4) is 0 Å². The largest absolute Gasteiger partial charge is 0.334 e. The minimum Gasteiger partial charge on any atom is -0.334 e. The monoisotopic (exact) mass is 221 g/mol. The summed E-state index contributed by atoms with van der Waals surface area (Å²) in [6, 6.07) is 0. The Bertz CT molecular complexity index is 410. The molecule has 0 aliphatic heterocycles. The second-order valence-corrected chi connectivity index (χ2v) is 4.91. The van der Waals surface area contributed by atoms with Gasteiger partial charge in [-0.3, -0.25) is 0 Å². The van der Waals surface area contributed by atoms with Gasteiger partial charge >= 0.3 is 0 Å². The Morgan fingerprint density at radius 1 is 1.25 bits per heavy atom. The van der Waals surface area contributed by atoms with Crippen LogP contribution < -0.4 is 5.73 Å². The van der Waals surface area contributed by atoms with Crippen LogP contribution in [0.15, 0.2) is 10.1 Å². The molecule has 0 bridgehead atoms. The molecule has 88 valence electrons. The molecule has 1 fully saturated rings. The lowest BCUT2D eigenvalue weighted by molar-refractivity contribution is 0.363. The van der Waals surface area contributed by atoms with E-state index >= 15 is 0 Å². The van der Waals surface area contributed by atoms with Gasteiger partial charge in [0.15, 0.2) is 5.82 Å². The zero-order valence-electron chi connectivity index (χ0n) is 10.2. The van der Waals surface area contributed by atoms with Crippen molar-refractivity contribution < 1.29 is 4.52 Å². The van der Waals surface area contributed by atoms with Gasteiger partial charge in [0.2, 0.25) is 0 Å². The second-order valence-electron chi connectivity index (χ2n) is 4.91. The fourth-order valence-electron chi connectivity index (χ4n) is 2.02. The summed E-state index contributed by atoms with van der Waals surface area (Å²) in [7, 11) is 0. The molecule has 1 aromatic rings. The van der Waals surface area contributed by atoms with Crippen molar-refractivity contribution in [3.8, 4) is 0 Å². The van der Waals surface area contributed by atoms with Crippen molar-refractivity contribution in [2.75, 3.05) is 0 Å². The first-order valence-electron chi connectivity index (χ1n) is 5.80. The molecule has 4 heteroatoms. The van der Waals surface area contributed by atoms with Crippen LogP contribution in [0.1, 0.15) is 58.2 Å². The molecule has 2 rings (SSSR count). The second kappa shape index (κ2) is 4.01. The molecule has 0 atom stereocenters. The molecule has 0 unspecified atom stereocenters. The zero-order chi connectivity index (χ0) is 11.8. The Hall–Kier alpha value is -1.16. The molecule has 1 saturated carbocycles. The maximum absolute atomic E-state index is 6.27. The Morgan fingerprint density at radius 2 is 1.88 bits per heavy atom. The van der Waals surface area contributed by atoms with E-state index in [0.717, 1.165) is 31.3 Å². The number of rotatable bonds is 2. The highest BCUT2D eigenvalue weighted by atomic mass is 16.5. The van der Waals surface area contributed by atoms with E-state index in [2.05, 4.69) is 10.1 Å². The predicted molar refractivity (Wildman–Crippen MR) is 62.6 cm³/mol. The highest BCUT2D eigenvalue weighted by molar-refractivity contribution is 5.58. The van der Waals surface area contributed by atoms with Crippen molar-refractivity contribution in [2.45, 2.75) is 52.0 Å². The van der Waals surface area contributed by atoms with E-state index in [1.165, 1.54) is 5.57 Å². The smallest absolute Gasteiger partial charge is 0.253 e. The number of hydrogen-bond acceptors (Lipinski definition) is 4. The van der Waals surface area contributed by atoms with E-state index in [1.54, 1.807) is 0 Å². The molecule has 0 amide bonds. The van der Waals surface area contributed by atoms with E-state index in [-0.39, 0.29) is 5.54 Å². The van der Waals surface area contributed by atoms with Crippen molar-refractivity contribution in [3.63, 3.8) is 0 Å². The third kappa shape index (κ3) is 1.89. The van der Waals surface area contributed by atoms with Crippen LogP contribution in [0.5, 0.6) is 0 Å². The summed E-state index contributed by atoms with van der Waals surface area (Å²) < 4.78 is 5.27. The fourth-order valence-corrected chi connectivity index (χ4v) is 2.02. The minimum atomic E-state index is -0.357. The molecule has 1 aliphatic rings. The van der Waals surface area contributed by atoms with E-state index in [1.807, 2.05) is 20.8 Å². The van der Waals surface area contributed by atoms with E-state index in [4.69, 9.17) is 10.3 Å². The lowest BCUT2D eigenvalue weighted by atomic mass is 9.98. The lowest BCUT2D eigenvalue weighted by Crippen LogP contribution is -2.34. The molecule has 1 aromatic heterocycles. The van der Waals surface area contributed by atoms with Gasteiger partial charge in [0, 0.05) is 5.57 Å². The summed E-state index contributed by atoms with van der Waals surface area (Å²) in [6.45, 7) is 6.06. The molecular formula is C12H19N3O. The van der Waals surface area contributed by atoms with Crippen molar-refractivity contribution in [2.24, 2.45) is 5.73 Å². The molecule has 1 heterocycles. The molecule has 0 saturated heterocycles. The van der Waals surface area contributed by atoms with Crippen LogP contribution in [0, 0.1) is 0 Å². The summed E-state index contributed by atoms with van der Waals surface area (Å²) in [6.07, 6.45) is 4.23. The number of nitrogens with two attached hydrogens (primary N) is 1. The Balaban J connectivity index is 2.29. The Morgan fingerprint density at radius 3 is 2.44 bits per heavy atom. The molecule has 1 aliphatic carbocycles. The first-order valence-corrected chi connectivity index (χ1v) is 5.80. The third-order valence-corrected chi connectivity index (χ3v) is 3.44. The molecular weight excluding hydrogens is 202 g/mol. The van der Waals surface area contributed by atoms with Crippen molar-refractivity contribution in [1.29, 1.82) is 0 Å². The van der Waals surface area contributed by atoms with Crippen LogP contribution in [0.2, 0.25) is 0 Å². The number of hydrogen-bond donors (Lipinski definition) is 1. The summed E-state index contributed by atoms with van der Waals surface area (Å²) in [5.74, 6) is 1.27. The average Bonchev–Trinajstić information content (AvgIpc) is 2.85. The highest BCUT2D eigenvalue weighted by Gasteiger charge is 2.36. The van der Waals surface area contributed by atoms with Gasteiger partial charge in [0.1, 0.15) is 0 Å². The molecule has 0 spiro atoms. The van der Waals surface area contributed by atoms with Crippen LogP contribution in [0.25, 0.3) is 5.57 Å². The van der Waals surface area contributed by atoms with Gasteiger partial charge in [-0.2, -0.15) is 4.98 Å². The average molecular weight is 221 g/mol. The van der Waals surface area contributed by atoms with Crippen LogP contribution in [0.4, 0.5) is 0 Å². The minimum absolute atomic E-state index is 0.357. The summed E-state index contributed by atoms with van der Waals surface area (Å²) in [5, 5.41) is 4.03. The van der Waals surface area contributed by atoms with Crippen LogP contribution in [-0.4, -0.2) is 10.1 Å². The molecule has 4 nitrogen and oxygen atoms in total. The van der Waals surface area contributed by atoms with Gasteiger partial charge in [-0.25, -0.2) is 0 Å². The standard InChI is InChI=1S/C12H19N3O/c1-8(2)9(3)10-14-11(15-16-10)12(13)6-4-5-7-12/h4-7,13H2,1-3H3. The van der Waals surface area contributed by atoms with Gasteiger partial charge in [-0.15, -0.1) is 0 Å². The Kier molecular flexibility index (Phi) is 2.84. The number of allylic oxidation sites excluding steroid dienone is 2. The van der Waals surface area contributed by atoms with Crippen molar-refractivity contribution in [3.05, 3.63) is 17.3 Å².